The van der Waals surface area contributed by atoms with E-state index in [1.54, 1.807) is 0 Å². The van der Waals surface area contributed by atoms with Crippen LogP contribution in [0.5, 0.6) is 0 Å². The molecule has 0 aliphatic rings. The molecule has 19 heteroatoms. The van der Waals surface area contributed by atoms with Gasteiger partial charge in [0.1, 0.15) is 36.6 Å². The molecule has 0 bridgehead atoms. The number of carbonyl (C=O) groups is 6. The van der Waals surface area contributed by atoms with Crippen LogP contribution in [0.1, 0.15) is 43.0 Å². The summed E-state index contributed by atoms with van der Waals surface area (Å²) in [6, 6.07) is 0. The molecule has 6 unspecified atom stereocenters. The quantitative estimate of drug-likeness (QED) is 0.133. The van der Waals surface area contributed by atoms with E-state index in [1.165, 1.54) is 41.5 Å². The first kappa shape index (κ1) is 51.3. The average molecular weight is 564 g/mol. The zero-order valence-electron chi connectivity index (χ0n) is 22.3. The van der Waals surface area contributed by atoms with Gasteiger partial charge < -0.3 is 62.7 Å². The smallest absolute Gasteiger partial charge is 1.00 e. The fourth-order valence-electron chi connectivity index (χ4n) is 0. The number of aliphatic carboxylic acids is 6. The summed E-state index contributed by atoms with van der Waals surface area (Å²) in [5.41, 5.74) is 0. The topological polar surface area (TPSA) is 345 Å². The Morgan fingerprint density at radius 3 is 0.378 bits per heavy atom. The van der Waals surface area contributed by atoms with Crippen molar-refractivity contribution in [3.63, 3.8) is 0 Å². The van der Waals surface area contributed by atoms with Crippen molar-refractivity contribution in [2.45, 2.75) is 78.2 Å². The molecule has 0 aliphatic heterocycles. The van der Waals surface area contributed by atoms with Gasteiger partial charge >= 0.3 is 65.4 Å². The summed E-state index contributed by atoms with van der Waals surface area (Å²) in [5, 5.41) is 94.6. The molecule has 6 atom stereocenters. The largest absolute Gasteiger partial charge is 1.00 e. The molecule has 0 aliphatic carbocycles. The van der Waals surface area contributed by atoms with Gasteiger partial charge in [-0.2, -0.15) is 0 Å². The molecule has 0 spiro atoms. The van der Waals surface area contributed by atoms with Gasteiger partial charge in [0.25, 0.3) is 0 Å². The Morgan fingerprint density at radius 2 is 0.378 bits per heavy atom. The van der Waals surface area contributed by atoms with Crippen molar-refractivity contribution in [2.75, 3.05) is 0 Å². The molecule has 0 fully saturated rings. The predicted octanol–water partition coefficient (Wildman–Crippen LogP) is -6.17. The van der Waals surface area contributed by atoms with Crippen LogP contribution in [0, 0.1) is 0 Å². The van der Waals surface area contributed by atoms with Crippen LogP contribution < -0.4 is 29.6 Å². The van der Waals surface area contributed by atoms with E-state index in [-0.39, 0.29) is 31.0 Å². The number of aliphatic hydroxyl groups excluding tert-OH is 6. The minimum atomic E-state index is -1.23. The van der Waals surface area contributed by atoms with Crippen LogP contribution >= 0.6 is 0 Å². The van der Waals surface area contributed by atoms with Crippen LogP contribution in [0.2, 0.25) is 0 Å². The van der Waals surface area contributed by atoms with E-state index in [2.05, 4.69) is 0 Å². The van der Waals surface area contributed by atoms with Crippen molar-refractivity contribution < 1.29 is 121 Å². The Labute approximate surface area is 234 Å². The molecule has 12 N–H and O–H groups in total. The third-order valence-electron chi connectivity index (χ3n) is 2.14. The van der Waals surface area contributed by atoms with Gasteiger partial charge in [-0.1, -0.05) is 0 Å². The Balaban J connectivity index is -0.0000000469. The summed E-state index contributed by atoms with van der Waals surface area (Å²) in [7, 11) is 0. The molecule has 0 aromatic rings. The van der Waals surface area contributed by atoms with E-state index >= 15 is 0 Å². The van der Waals surface area contributed by atoms with E-state index in [4.69, 9.17) is 61.3 Å². The molecular formula is C18H37NaO18. The van der Waals surface area contributed by atoms with E-state index in [0.717, 1.165) is 0 Å². The van der Waals surface area contributed by atoms with Gasteiger partial charge in [-0.3, -0.25) is 0 Å². The van der Waals surface area contributed by atoms with Gasteiger partial charge in [0.05, 0.1) is 0 Å². The number of hydrogen-bond acceptors (Lipinski definition) is 12. The van der Waals surface area contributed by atoms with Crippen molar-refractivity contribution in [1.29, 1.82) is 0 Å². The molecule has 218 valence electrons. The Hall–Kier alpha value is -2.42. The van der Waals surface area contributed by atoms with Gasteiger partial charge in [-0.15, -0.1) is 0 Å². The van der Waals surface area contributed by atoms with Crippen LogP contribution in [-0.4, -0.2) is 134 Å². The maximum atomic E-state index is 9.45. The summed E-state index contributed by atoms with van der Waals surface area (Å²) in [6.07, 6.45) is -7.39. The van der Waals surface area contributed by atoms with Gasteiger partial charge in [-0.05, 0) is 41.5 Å². The first-order chi connectivity index (χ1) is 15.9. The summed E-state index contributed by atoms with van der Waals surface area (Å²) >= 11 is 0. The molecule has 0 aromatic carbocycles. The minimum absolute atomic E-state index is 0. The first-order valence-electron chi connectivity index (χ1n) is 9.31. The van der Waals surface area contributed by atoms with Crippen LogP contribution in [0.3, 0.4) is 0 Å². The molecule has 0 radical (unpaired) electrons. The maximum Gasteiger partial charge on any atom is 1.00 e. The van der Waals surface area contributed by atoms with Gasteiger partial charge in [0, 0.05) is 0 Å². The Kier molecular flexibility index (Phi) is 43.8. The third kappa shape index (κ3) is 71.9. The molecule has 0 saturated carbocycles. The number of hydrogen-bond donors (Lipinski definition) is 12. The van der Waals surface area contributed by atoms with Gasteiger partial charge in [0.15, 0.2) is 0 Å². The first-order valence-corrected chi connectivity index (χ1v) is 9.31. The van der Waals surface area contributed by atoms with Gasteiger partial charge in [0.2, 0.25) is 0 Å². The number of carboxylic acid groups (broad SMARTS) is 6. The summed E-state index contributed by atoms with van der Waals surface area (Å²) in [4.78, 5) is 56.7. The number of aliphatic hydroxyl groups is 6. The molecule has 0 saturated heterocycles. The van der Waals surface area contributed by atoms with Crippen LogP contribution in [-0.2, 0) is 28.8 Å². The van der Waals surface area contributed by atoms with Crippen LogP contribution in [0.25, 0.3) is 0 Å². The van der Waals surface area contributed by atoms with Crippen molar-refractivity contribution in [3.05, 3.63) is 0 Å². The van der Waals surface area contributed by atoms with Crippen LogP contribution in [0.15, 0.2) is 0 Å². The van der Waals surface area contributed by atoms with Crippen molar-refractivity contribution in [1.82, 2.24) is 0 Å². The summed E-state index contributed by atoms with van der Waals surface area (Å²) in [5.74, 6) is -7.11. The van der Waals surface area contributed by atoms with Crippen molar-refractivity contribution in [3.8, 4) is 0 Å². The van der Waals surface area contributed by atoms with Crippen molar-refractivity contribution in [2.24, 2.45) is 0 Å². The van der Waals surface area contributed by atoms with Gasteiger partial charge in [-0.25, -0.2) is 28.8 Å². The zero-order valence-corrected chi connectivity index (χ0v) is 23.3. The molecule has 0 aromatic heterocycles. The SMILES string of the molecule is CC(O)C(=O)O.CC(O)C(=O)O.CC(O)C(=O)O.CC(O)C(=O)O.CC(O)C(=O)O.CC(O)C(=O)O.[H-].[Na+]. The van der Waals surface area contributed by atoms with E-state index < -0.39 is 72.4 Å². The fraction of sp³-hybridized carbons (Fsp3) is 0.667. The zero-order chi connectivity index (χ0) is 30.9. The number of rotatable bonds is 6. The van der Waals surface area contributed by atoms with Crippen molar-refractivity contribution >= 4 is 35.8 Å². The molecule has 37 heavy (non-hydrogen) atoms. The van der Waals surface area contributed by atoms with E-state index in [9.17, 15) is 28.8 Å². The molecule has 0 heterocycles. The maximum absolute atomic E-state index is 9.45. The Morgan fingerprint density at radius 1 is 0.351 bits per heavy atom. The number of carboxylic acids is 6. The van der Waals surface area contributed by atoms with E-state index in [0.29, 0.717) is 0 Å². The second-order valence-electron chi connectivity index (χ2n) is 6.09. The Bertz CT molecular complexity index is 495. The fourth-order valence-corrected chi connectivity index (χ4v) is 0. The molecule has 0 rings (SSSR count). The minimum Gasteiger partial charge on any atom is -1.00 e. The standard InChI is InChI=1S/6C3H6O3.Na.H/c6*1-2(4)3(5)6;;/h6*2,4H,1H3,(H,5,6);;/q;;;;;;+1;-1. The van der Waals surface area contributed by atoms with E-state index in [1.807, 2.05) is 0 Å². The second-order valence-corrected chi connectivity index (χ2v) is 6.09. The monoisotopic (exact) mass is 564 g/mol. The molecular weight excluding hydrogens is 527 g/mol. The third-order valence-corrected chi connectivity index (χ3v) is 2.14. The average Bonchev–Trinajstić information content (AvgIpc) is 2.69. The second kappa shape index (κ2) is 31.6. The molecule has 0 amide bonds. The van der Waals surface area contributed by atoms with Crippen LogP contribution in [0.4, 0.5) is 0 Å². The summed E-state index contributed by atoms with van der Waals surface area (Å²) in [6.45, 7) is 7.18. The normalized spacial score (nSPS) is 13.3. The predicted molar refractivity (Wildman–Crippen MR) is 117 cm³/mol. The molecule has 18 nitrogen and oxygen atoms in total. The summed E-state index contributed by atoms with van der Waals surface area (Å²) < 4.78 is 0.